The molecule has 0 aliphatic rings. The van der Waals surface area contributed by atoms with E-state index in [2.05, 4.69) is 0 Å². The van der Waals surface area contributed by atoms with E-state index in [0.717, 1.165) is 5.56 Å². The maximum absolute atomic E-state index is 13.6. The topological polar surface area (TPSA) is 35.2 Å². The van der Waals surface area contributed by atoms with Crippen LogP contribution in [0, 0.1) is 5.82 Å². The summed E-state index contributed by atoms with van der Waals surface area (Å²) in [5, 5.41) is 0.513. The zero-order chi connectivity index (χ0) is 14.5. The van der Waals surface area contributed by atoms with Crippen LogP contribution in [0.4, 0.5) is 4.39 Å². The SMILES string of the molecule is CC(N)Cc1cccc(Cl)c1OCc1ccccc1F. The molecule has 2 aromatic carbocycles. The molecule has 1 atom stereocenters. The summed E-state index contributed by atoms with van der Waals surface area (Å²) in [6.45, 7) is 2.06. The van der Waals surface area contributed by atoms with Gasteiger partial charge in [0.15, 0.2) is 0 Å². The van der Waals surface area contributed by atoms with Crippen LogP contribution in [0.2, 0.25) is 5.02 Å². The molecule has 0 fully saturated rings. The Morgan fingerprint density at radius 1 is 1.15 bits per heavy atom. The summed E-state index contributed by atoms with van der Waals surface area (Å²) in [5.74, 6) is 0.294. The van der Waals surface area contributed by atoms with Gasteiger partial charge in [0.2, 0.25) is 0 Å². The first-order chi connectivity index (χ1) is 9.58. The fourth-order valence-electron chi connectivity index (χ4n) is 1.99. The van der Waals surface area contributed by atoms with Gasteiger partial charge in [0.05, 0.1) is 5.02 Å². The normalized spacial score (nSPS) is 12.2. The highest BCUT2D eigenvalue weighted by atomic mass is 35.5. The predicted octanol–water partition coefficient (Wildman–Crippen LogP) is 3.95. The maximum atomic E-state index is 13.6. The first-order valence-corrected chi connectivity index (χ1v) is 6.85. The van der Waals surface area contributed by atoms with Crippen LogP contribution in [-0.4, -0.2) is 6.04 Å². The van der Waals surface area contributed by atoms with Crippen molar-refractivity contribution in [3.05, 3.63) is 64.4 Å². The molecule has 20 heavy (non-hydrogen) atoms. The highest BCUT2D eigenvalue weighted by Gasteiger charge is 2.11. The zero-order valence-corrected chi connectivity index (χ0v) is 12.0. The van der Waals surface area contributed by atoms with E-state index in [0.29, 0.717) is 22.8 Å². The minimum atomic E-state index is -0.284. The van der Waals surface area contributed by atoms with Crippen molar-refractivity contribution >= 4 is 11.6 Å². The molecule has 0 amide bonds. The van der Waals surface area contributed by atoms with Gasteiger partial charge in [0, 0.05) is 11.6 Å². The third-order valence-electron chi connectivity index (χ3n) is 2.92. The van der Waals surface area contributed by atoms with E-state index in [1.54, 1.807) is 24.3 Å². The van der Waals surface area contributed by atoms with Gasteiger partial charge in [-0.25, -0.2) is 4.39 Å². The summed E-state index contributed by atoms with van der Waals surface area (Å²) >= 11 is 6.16. The number of rotatable bonds is 5. The molecule has 1 unspecified atom stereocenters. The van der Waals surface area contributed by atoms with Crippen LogP contribution in [0.25, 0.3) is 0 Å². The van der Waals surface area contributed by atoms with Crippen molar-refractivity contribution in [1.82, 2.24) is 0 Å². The first-order valence-electron chi connectivity index (χ1n) is 6.47. The Morgan fingerprint density at radius 3 is 2.55 bits per heavy atom. The van der Waals surface area contributed by atoms with Crippen molar-refractivity contribution < 1.29 is 9.13 Å². The lowest BCUT2D eigenvalue weighted by Crippen LogP contribution is -2.18. The average Bonchev–Trinajstić information content (AvgIpc) is 2.39. The Kier molecular flexibility index (Phi) is 4.99. The van der Waals surface area contributed by atoms with Gasteiger partial charge in [0.25, 0.3) is 0 Å². The van der Waals surface area contributed by atoms with Crippen molar-refractivity contribution in [2.75, 3.05) is 0 Å². The second-order valence-corrected chi connectivity index (χ2v) is 5.20. The predicted molar refractivity (Wildman–Crippen MR) is 79.5 cm³/mol. The van der Waals surface area contributed by atoms with E-state index < -0.39 is 0 Å². The van der Waals surface area contributed by atoms with Gasteiger partial charge in [-0.05, 0) is 31.0 Å². The van der Waals surface area contributed by atoms with Crippen LogP contribution in [0.3, 0.4) is 0 Å². The number of benzene rings is 2. The molecule has 0 radical (unpaired) electrons. The molecule has 0 saturated heterocycles. The van der Waals surface area contributed by atoms with E-state index in [4.69, 9.17) is 22.1 Å². The van der Waals surface area contributed by atoms with Crippen LogP contribution < -0.4 is 10.5 Å². The maximum Gasteiger partial charge on any atom is 0.141 e. The van der Waals surface area contributed by atoms with Gasteiger partial charge in [-0.15, -0.1) is 0 Å². The van der Waals surface area contributed by atoms with Crippen molar-refractivity contribution in [3.8, 4) is 5.75 Å². The third-order valence-corrected chi connectivity index (χ3v) is 3.22. The lowest BCUT2D eigenvalue weighted by atomic mass is 10.1. The Morgan fingerprint density at radius 2 is 1.85 bits per heavy atom. The molecule has 4 heteroatoms. The van der Waals surface area contributed by atoms with E-state index in [9.17, 15) is 4.39 Å². The summed E-state index contributed by atoms with van der Waals surface area (Å²) in [6, 6.07) is 12.1. The van der Waals surface area contributed by atoms with E-state index >= 15 is 0 Å². The molecule has 0 aliphatic heterocycles. The summed E-state index contributed by atoms with van der Waals surface area (Å²) in [4.78, 5) is 0. The fraction of sp³-hybridized carbons (Fsp3) is 0.250. The van der Waals surface area contributed by atoms with Crippen LogP contribution in [0.5, 0.6) is 5.75 Å². The Labute approximate surface area is 123 Å². The van der Waals surface area contributed by atoms with E-state index in [1.165, 1.54) is 6.07 Å². The standard InChI is InChI=1S/C16H17ClFNO/c1-11(19)9-12-6-4-7-14(17)16(12)20-10-13-5-2-3-8-15(13)18/h2-8,11H,9-10,19H2,1H3. The van der Waals surface area contributed by atoms with Gasteiger partial charge < -0.3 is 10.5 Å². The van der Waals surface area contributed by atoms with Gasteiger partial charge in [0.1, 0.15) is 18.2 Å². The Balaban J connectivity index is 2.18. The van der Waals surface area contributed by atoms with Crippen molar-refractivity contribution in [2.24, 2.45) is 5.73 Å². The van der Waals surface area contributed by atoms with Gasteiger partial charge in [-0.2, -0.15) is 0 Å². The molecule has 0 spiro atoms. The molecule has 2 nitrogen and oxygen atoms in total. The van der Waals surface area contributed by atoms with Crippen LogP contribution in [0.1, 0.15) is 18.1 Å². The van der Waals surface area contributed by atoms with Crippen molar-refractivity contribution in [2.45, 2.75) is 26.0 Å². The summed E-state index contributed by atoms with van der Waals surface area (Å²) in [6.07, 6.45) is 0.660. The minimum Gasteiger partial charge on any atom is -0.487 e. The molecular formula is C16H17ClFNO. The summed E-state index contributed by atoms with van der Waals surface area (Å²) in [5.41, 5.74) is 7.25. The molecule has 2 aromatic rings. The van der Waals surface area contributed by atoms with E-state index in [1.807, 2.05) is 19.1 Å². The van der Waals surface area contributed by atoms with Crippen LogP contribution in [0.15, 0.2) is 42.5 Å². The Bertz CT molecular complexity index is 586. The van der Waals surface area contributed by atoms with E-state index in [-0.39, 0.29) is 18.5 Å². The Hall–Kier alpha value is -1.58. The second-order valence-electron chi connectivity index (χ2n) is 4.79. The molecule has 0 aliphatic carbocycles. The van der Waals surface area contributed by atoms with Crippen molar-refractivity contribution in [3.63, 3.8) is 0 Å². The number of halogens is 2. The van der Waals surface area contributed by atoms with Gasteiger partial charge in [-0.3, -0.25) is 0 Å². The summed E-state index contributed by atoms with van der Waals surface area (Å²) in [7, 11) is 0. The van der Waals surface area contributed by atoms with Crippen LogP contribution >= 0.6 is 11.6 Å². The largest absolute Gasteiger partial charge is 0.487 e. The second kappa shape index (κ2) is 6.73. The quantitative estimate of drug-likeness (QED) is 0.906. The number of ether oxygens (including phenoxy) is 1. The molecule has 2 N–H and O–H groups in total. The average molecular weight is 294 g/mol. The molecule has 0 heterocycles. The first kappa shape index (κ1) is 14.8. The molecule has 0 aromatic heterocycles. The zero-order valence-electron chi connectivity index (χ0n) is 11.3. The fourth-order valence-corrected chi connectivity index (χ4v) is 2.24. The third kappa shape index (κ3) is 3.71. The number of hydrogen-bond donors (Lipinski definition) is 1. The molecule has 2 rings (SSSR count). The summed E-state index contributed by atoms with van der Waals surface area (Å²) < 4.78 is 19.3. The lowest BCUT2D eigenvalue weighted by Gasteiger charge is -2.15. The smallest absolute Gasteiger partial charge is 0.141 e. The lowest BCUT2D eigenvalue weighted by molar-refractivity contribution is 0.296. The van der Waals surface area contributed by atoms with Gasteiger partial charge in [-0.1, -0.05) is 41.9 Å². The number of hydrogen-bond acceptors (Lipinski definition) is 2. The van der Waals surface area contributed by atoms with Gasteiger partial charge >= 0.3 is 0 Å². The number of para-hydroxylation sites is 1. The molecule has 106 valence electrons. The highest BCUT2D eigenvalue weighted by molar-refractivity contribution is 6.32. The van der Waals surface area contributed by atoms with Crippen LogP contribution in [-0.2, 0) is 13.0 Å². The number of nitrogens with two attached hydrogens (primary N) is 1. The molecule has 0 saturated carbocycles. The molecule has 0 bridgehead atoms. The monoisotopic (exact) mass is 293 g/mol. The highest BCUT2D eigenvalue weighted by Crippen LogP contribution is 2.30. The van der Waals surface area contributed by atoms with Crippen molar-refractivity contribution in [1.29, 1.82) is 0 Å². The minimum absolute atomic E-state index is 0.00396. The molecular weight excluding hydrogens is 277 g/mol.